The van der Waals surface area contributed by atoms with E-state index in [1.165, 1.54) is 0 Å². The summed E-state index contributed by atoms with van der Waals surface area (Å²) in [6, 6.07) is 18.5. The fourth-order valence-corrected chi connectivity index (χ4v) is 2.75. The lowest BCUT2D eigenvalue weighted by molar-refractivity contribution is -0.137. The molecule has 4 heteroatoms. The van der Waals surface area contributed by atoms with Crippen LogP contribution in [0.15, 0.2) is 60.7 Å². The molecule has 0 radical (unpaired) electrons. The third-order valence-corrected chi connectivity index (χ3v) is 4.07. The predicted molar refractivity (Wildman–Crippen MR) is 93.7 cm³/mol. The summed E-state index contributed by atoms with van der Waals surface area (Å²) in [4.78, 5) is 23.6. The van der Waals surface area contributed by atoms with Crippen LogP contribution in [-0.4, -0.2) is 17.0 Å². The molecule has 126 valence electrons. The van der Waals surface area contributed by atoms with Crippen LogP contribution in [0, 0.1) is 0 Å². The Hall–Kier alpha value is -2.62. The number of carbonyl (C=O) groups excluding carboxylic acids is 1. The van der Waals surface area contributed by atoms with E-state index in [0.717, 1.165) is 11.1 Å². The SMILES string of the molecule is CC(C)(CC(=O)NC(CC(=O)O)c1ccccc1)c1ccccc1. The Bertz CT molecular complexity index is 681. The monoisotopic (exact) mass is 325 g/mol. The van der Waals surface area contributed by atoms with Gasteiger partial charge in [-0.2, -0.15) is 0 Å². The smallest absolute Gasteiger partial charge is 0.305 e. The first-order valence-electron chi connectivity index (χ1n) is 8.00. The second-order valence-electron chi connectivity index (χ2n) is 6.56. The summed E-state index contributed by atoms with van der Waals surface area (Å²) in [5.41, 5.74) is 1.55. The molecule has 2 aromatic carbocycles. The molecule has 1 atom stereocenters. The maximum atomic E-state index is 12.5. The van der Waals surface area contributed by atoms with Gasteiger partial charge in [0.25, 0.3) is 0 Å². The first-order valence-corrected chi connectivity index (χ1v) is 8.00. The van der Waals surface area contributed by atoms with Crippen molar-refractivity contribution in [2.24, 2.45) is 0 Å². The highest BCUT2D eigenvalue weighted by Crippen LogP contribution is 2.27. The second kappa shape index (κ2) is 7.77. The van der Waals surface area contributed by atoms with Crippen LogP contribution in [0.25, 0.3) is 0 Å². The minimum absolute atomic E-state index is 0.137. The number of benzene rings is 2. The molecule has 1 amide bonds. The third kappa shape index (κ3) is 4.95. The van der Waals surface area contributed by atoms with E-state index in [1.807, 2.05) is 74.5 Å². The maximum absolute atomic E-state index is 12.5. The highest BCUT2D eigenvalue weighted by molar-refractivity contribution is 5.79. The van der Waals surface area contributed by atoms with Crippen molar-refractivity contribution in [3.05, 3.63) is 71.8 Å². The van der Waals surface area contributed by atoms with Gasteiger partial charge in [0.2, 0.25) is 5.91 Å². The van der Waals surface area contributed by atoms with Gasteiger partial charge in [-0.3, -0.25) is 9.59 Å². The number of amides is 1. The van der Waals surface area contributed by atoms with Crippen LogP contribution in [0.1, 0.15) is 43.9 Å². The number of aliphatic carboxylic acids is 1. The van der Waals surface area contributed by atoms with Crippen LogP contribution in [-0.2, 0) is 15.0 Å². The van der Waals surface area contributed by atoms with Gasteiger partial charge < -0.3 is 10.4 Å². The van der Waals surface area contributed by atoms with Crippen molar-refractivity contribution in [2.45, 2.75) is 38.1 Å². The van der Waals surface area contributed by atoms with Crippen LogP contribution < -0.4 is 5.32 Å². The number of carbonyl (C=O) groups is 2. The third-order valence-electron chi connectivity index (χ3n) is 4.07. The second-order valence-corrected chi connectivity index (χ2v) is 6.56. The molecule has 0 aliphatic heterocycles. The van der Waals surface area contributed by atoms with Crippen LogP contribution >= 0.6 is 0 Å². The molecule has 1 unspecified atom stereocenters. The van der Waals surface area contributed by atoms with E-state index in [9.17, 15) is 9.59 Å². The number of nitrogens with one attached hydrogen (secondary N) is 1. The molecule has 0 saturated carbocycles. The molecule has 0 aliphatic rings. The van der Waals surface area contributed by atoms with E-state index in [2.05, 4.69) is 5.32 Å². The normalized spacial score (nSPS) is 12.4. The van der Waals surface area contributed by atoms with E-state index >= 15 is 0 Å². The van der Waals surface area contributed by atoms with Crippen molar-refractivity contribution in [1.29, 1.82) is 0 Å². The fraction of sp³-hybridized carbons (Fsp3) is 0.300. The number of hydrogen-bond acceptors (Lipinski definition) is 2. The molecule has 0 bridgehead atoms. The molecule has 24 heavy (non-hydrogen) atoms. The van der Waals surface area contributed by atoms with Gasteiger partial charge in [-0.05, 0) is 16.5 Å². The molecule has 0 spiro atoms. The Morgan fingerprint density at radius 1 is 1.00 bits per heavy atom. The van der Waals surface area contributed by atoms with Crippen LogP contribution in [0.4, 0.5) is 0 Å². The zero-order valence-corrected chi connectivity index (χ0v) is 14.0. The minimum Gasteiger partial charge on any atom is -0.481 e. The van der Waals surface area contributed by atoms with Crippen LogP contribution in [0.3, 0.4) is 0 Å². The van der Waals surface area contributed by atoms with Crippen LogP contribution in [0.5, 0.6) is 0 Å². The summed E-state index contributed by atoms with van der Waals surface area (Å²) in [6.07, 6.45) is 0.154. The average Bonchev–Trinajstić information content (AvgIpc) is 2.55. The van der Waals surface area contributed by atoms with Crippen LogP contribution in [0.2, 0.25) is 0 Å². The maximum Gasteiger partial charge on any atom is 0.305 e. The number of rotatable bonds is 7. The Morgan fingerprint density at radius 3 is 2.08 bits per heavy atom. The van der Waals surface area contributed by atoms with Crippen molar-refractivity contribution in [1.82, 2.24) is 5.32 Å². The Balaban J connectivity index is 2.09. The van der Waals surface area contributed by atoms with E-state index in [0.29, 0.717) is 6.42 Å². The molecule has 4 nitrogen and oxygen atoms in total. The topological polar surface area (TPSA) is 66.4 Å². The first kappa shape index (κ1) is 17.7. The van der Waals surface area contributed by atoms with Gasteiger partial charge in [0.1, 0.15) is 0 Å². The van der Waals surface area contributed by atoms with Gasteiger partial charge in [-0.25, -0.2) is 0 Å². The largest absolute Gasteiger partial charge is 0.481 e. The fourth-order valence-electron chi connectivity index (χ4n) is 2.75. The summed E-state index contributed by atoms with van der Waals surface area (Å²) in [6.45, 7) is 4.02. The zero-order chi connectivity index (χ0) is 17.6. The van der Waals surface area contributed by atoms with Gasteiger partial charge in [-0.1, -0.05) is 74.5 Å². The van der Waals surface area contributed by atoms with Gasteiger partial charge in [0.05, 0.1) is 12.5 Å². The summed E-state index contributed by atoms with van der Waals surface area (Å²) in [7, 11) is 0. The van der Waals surface area contributed by atoms with Crippen molar-refractivity contribution in [3.8, 4) is 0 Å². The molecule has 2 aromatic rings. The van der Waals surface area contributed by atoms with Crippen molar-refractivity contribution in [2.75, 3.05) is 0 Å². The first-order chi connectivity index (χ1) is 11.4. The summed E-state index contributed by atoms with van der Waals surface area (Å²) >= 11 is 0. The van der Waals surface area contributed by atoms with Crippen molar-refractivity contribution < 1.29 is 14.7 Å². The average molecular weight is 325 g/mol. The number of hydrogen-bond donors (Lipinski definition) is 2. The highest BCUT2D eigenvalue weighted by atomic mass is 16.4. The van der Waals surface area contributed by atoms with Crippen molar-refractivity contribution >= 4 is 11.9 Å². The molecule has 0 heterocycles. The van der Waals surface area contributed by atoms with Gasteiger partial charge in [-0.15, -0.1) is 0 Å². The summed E-state index contributed by atoms with van der Waals surface area (Å²) in [5, 5.41) is 12.0. The summed E-state index contributed by atoms with van der Waals surface area (Å²) in [5.74, 6) is -1.09. The van der Waals surface area contributed by atoms with Gasteiger partial charge in [0.15, 0.2) is 0 Å². The lowest BCUT2D eigenvalue weighted by Gasteiger charge is -2.26. The summed E-state index contributed by atoms with van der Waals surface area (Å²) < 4.78 is 0. The molecule has 2 rings (SSSR count). The predicted octanol–water partition coefficient (Wildman–Crippen LogP) is 3.69. The molecule has 0 saturated heterocycles. The van der Waals surface area contributed by atoms with E-state index in [1.54, 1.807) is 0 Å². The molecule has 2 N–H and O–H groups in total. The Labute approximate surface area is 142 Å². The molecule has 0 aliphatic carbocycles. The van der Waals surface area contributed by atoms with E-state index in [4.69, 9.17) is 5.11 Å². The van der Waals surface area contributed by atoms with Gasteiger partial charge >= 0.3 is 5.97 Å². The standard InChI is InChI=1S/C20H23NO3/c1-20(2,16-11-7-4-8-12-16)14-18(22)21-17(13-19(23)24)15-9-5-3-6-10-15/h3-12,17H,13-14H2,1-2H3,(H,21,22)(H,23,24). The lowest BCUT2D eigenvalue weighted by Crippen LogP contribution is -2.34. The Morgan fingerprint density at radius 2 is 1.54 bits per heavy atom. The molecule has 0 fully saturated rings. The van der Waals surface area contributed by atoms with E-state index in [-0.39, 0.29) is 17.7 Å². The lowest BCUT2D eigenvalue weighted by atomic mass is 9.81. The number of carboxylic acid groups (broad SMARTS) is 1. The highest BCUT2D eigenvalue weighted by Gasteiger charge is 2.26. The minimum atomic E-state index is -0.938. The number of carboxylic acids is 1. The van der Waals surface area contributed by atoms with Crippen molar-refractivity contribution in [3.63, 3.8) is 0 Å². The van der Waals surface area contributed by atoms with Gasteiger partial charge in [0, 0.05) is 6.42 Å². The Kier molecular flexibility index (Phi) is 5.74. The quantitative estimate of drug-likeness (QED) is 0.816. The van der Waals surface area contributed by atoms with E-state index < -0.39 is 12.0 Å². The zero-order valence-electron chi connectivity index (χ0n) is 14.0. The molecule has 0 aromatic heterocycles. The molecular weight excluding hydrogens is 302 g/mol. The molecular formula is C20H23NO3.